The maximum atomic E-state index is 13.3. The van der Waals surface area contributed by atoms with E-state index in [2.05, 4.69) is 5.32 Å². The fraction of sp³-hybridized carbons (Fsp3) is 0.364. The van der Waals surface area contributed by atoms with Gasteiger partial charge in [0, 0.05) is 0 Å². The summed E-state index contributed by atoms with van der Waals surface area (Å²) in [5, 5.41) is 11.1. The summed E-state index contributed by atoms with van der Waals surface area (Å²) in [7, 11) is 1.38. The summed E-state index contributed by atoms with van der Waals surface area (Å²) in [5.41, 5.74) is 0.611. The van der Waals surface area contributed by atoms with E-state index in [1.807, 2.05) is 0 Å². The summed E-state index contributed by atoms with van der Waals surface area (Å²) in [4.78, 5) is 10.9. The number of nitrogens with one attached hydrogen (secondary N) is 1. The number of aliphatic hydroxyl groups is 1. The molecule has 1 rings (SSSR count). The third-order valence-corrected chi connectivity index (χ3v) is 2.20. The number of halogens is 1. The zero-order valence-electron chi connectivity index (χ0n) is 9.16. The minimum atomic E-state index is -0.580. The van der Waals surface area contributed by atoms with Crippen molar-refractivity contribution in [3.8, 4) is 5.75 Å². The number of rotatable bonds is 4. The molecule has 4 nitrogen and oxygen atoms in total. The van der Waals surface area contributed by atoms with Gasteiger partial charge in [-0.25, -0.2) is 4.39 Å². The van der Waals surface area contributed by atoms with E-state index in [9.17, 15) is 9.18 Å². The van der Waals surface area contributed by atoms with Crippen LogP contribution in [-0.2, 0) is 4.79 Å². The van der Waals surface area contributed by atoms with E-state index in [0.29, 0.717) is 5.56 Å². The summed E-state index contributed by atoms with van der Waals surface area (Å²) in [6.07, 6.45) is 0. The van der Waals surface area contributed by atoms with Crippen LogP contribution in [0.1, 0.15) is 18.5 Å². The fourth-order valence-corrected chi connectivity index (χ4v) is 1.32. The SMILES string of the molecule is COc1ccc(C(C)NC(=O)CO)cc1F. The van der Waals surface area contributed by atoms with Crippen LogP contribution in [0, 0.1) is 5.82 Å². The van der Waals surface area contributed by atoms with Crippen LogP contribution >= 0.6 is 0 Å². The monoisotopic (exact) mass is 227 g/mol. The Bertz CT molecular complexity index is 381. The molecule has 0 fully saturated rings. The second kappa shape index (κ2) is 5.46. The Balaban J connectivity index is 2.80. The topological polar surface area (TPSA) is 58.6 Å². The molecule has 0 saturated heterocycles. The van der Waals surface area contributed by atoms with Crippen molar-refractivity contribution >= 4 is 5.91 Å². The lowest BCUT2D eigenvalue weighted by molar-refractivity contribution is -0.124. The van der Waals surface area contributed by atoms with Crippen LogP contribution in [0.25, 0.3) is 0 Å². The minimum absolute atomic E-state index is 0.157. The molecule has 1 aromatic carbocycles. The lowest BCUT2D eigenvalue weighted by Crippen LogP contribution is -2.29. The van der Waals surface area contributed by atoms with E-state index >= 15 is 0 Å². The molecule has 5 heteroatoms. The van der Waals surface area contributed by atoms with Crippen LogP contribution in [0.5, 0.6) is 5.75 Å². The Hall–Kier alpha value is -1.62. The van der Waals surface area contributed by atoms with Crippen LogP contribution < -0.4 is 10.1 Å². The van der Waals surface area contributed by atoms with Gasteiger partial charge >= 0.3 is 0 Å². The second-order valence-electron chi connectivity index (χ2n) is 3.34. The molecule has 0 saturated carbocycles. The maximum absolute atomic E-state index is 13.3. The summed E-state index contributed by atoms with van der Waals surface area (Å²) in [6.45, 7) is 1.12. The molecule has 0 radical (unpaired) electrons. The fourth-order valence-electron chi connectivity index (χ4n) is 1.32. The first kappa shape index (κ1) is 12.4. The average molecular weight is 227 g/mol. The van der Waals surface area contributed by atoms with E-state index in [4.69, 9.17) is 9.84 Å². The molecule has 0 aliphatic heterocycles. The Morgan fingerprint density at radius 3 is 2.81 bits per heavy atom. The highest BCUT2D eigenvalue weighted by atomic mass is 19.1. The predicted molar refractivity (Wildman–Crippen MR) is 56.6 cm³/mol. The predicted octanol–water partition coefficient (Wildman–Crippen LogP) is 1.00. The van der Waals surface area contributed by atoms with Crippen LogP contribution in [0.15, 0.2) is 18.2 Å². The Kier molecular flexibility index (Phi) is 4.25. The number of benzene rings is 1. The molecule has 88 valence electrons. The first-order valence-corrected chi connectivity index (χ1v) is 4.82. The highest BCUT2D eigenvalue weighted by molar-refractivity contribution is 5.77. The zero-order valence-corrected chi connectivity index (χ0v) is 9.16. The van der Waals surface area contributed by atoms with E-state index in [0.717, 1.165) is 0 Å². The van der Waals surface area contributed by atoms with Gasteiger partial charge in [-0.2, -0.15) is 0 Å². The molecule has 2 N–H and O–H groups in total. The van der Waals surface area contributed by atoms with E-state index < -0.39 is 18.3 Å². The third kappa shape index (κ3) is 2.93. The molecule has 16 heavy (non-hydrogen) atoms. The van der Waals surface area contributed by atoms with E-state index in [-0.39, 0.29) is 11.8 Å². The summed E-state index contributed by atoms with van der Waals surface area (Å²) < 4.78 is 18.1. The van der Waals surface area contributed by atoms with Gasteiger partial charge in [-0.05, 0) is 24.6 Å². The van der Waals surface area contributed by atoms with Gasteiger partial charge in [-0.1, -0.05) is 6.07 Å². The normalized spacial score (nSPS) is 12.0. The van der Waals surface area contributed by atoms with Crippen molar-refractivity contribution in [1.29, 1.82) is 0 Å². The molecule has 0 bridgehead atoms. The number of ether oxygens (including phenoxy) is 1. The van der Waals surface area contributed by atoms with Crippen molar-refractivity contribution in [2.45, 2.75) is 13.0 Å². The number of aliphatic hydroxyl groups excluding tert-OH is 1. The van der Waals surface area contributed by atoms with Gasteiger partial charge in [-0.15, -0.1) is 0 Å². The molecular weight excluding hydrogens is 213 g/mol. The highest BCUT2D eigenvalue weighted by Crippen LogP contribution is 2.21. The van der Waals surface area contributed by atoms with Crippen molar-refractivity contribution in [1.82, 2.24) is 5.32 Å². The summed E-state index contributed by atoms with van der Waals surface area (Å²) in [5.74, 6) is -0.821. The second-order valence-corrected chi connectivity index (χ2v) is 3.34. The van der Waals surface area contributed by atoms with Gasteiger partial charge < -0.3 is 15.2 Å². The number of carbonyl (C=O) groups excluding carboxylic acids is 1. The van der Waals surface area contributed by atoms with Gasteiger partial charge in [0.05, 0.1) is 13.2 Å². The zero-order chi connectivity index (χ0) is 12.1. The van der Waals surface area contributed by atoms with Gasteiger partial charge in [0.25, 0.3) is 0 Å². The number of hydrogen-bond donors (Lipinski definition) is 2. The quantitative estimate of drug-likeness (QED) is 0.806. The van der Waals surface area contributed by atoms with Gasteiger partial charge in [-0.3, -0.25) is 4.79 Å². The standard InChI is InChI=1S/C11H14FNO3/c1-7(13-11(15)6-14)8-3-4-10(16-2)9(12)5-8/h3-5,7,14H,6H2,1-2H3,(H,13,15). The van der Waals surface area contributed by atoms with Crippen LogP contribution in [0.3, 0.4) is 0 Å². The molecular formula is C11H14FNO3. The molecule has 0 aliphatic carbocycles. The van der Waals surface area contributed by atoms with Crippen molar-refractivity contribution in [2.24, 2.45) is 0 Å². The molecule has 0 aliphatic rings. The Labute approximate surface area is 93.0 Å². The Morgan fingerprint density at radius 1 is 1.62 bits per heavy atom. The van der Waals surface area contributed by atoms with Crippen molar-refractivity contribution in [2.75, 3.05) is 13.7 Å². The molecule has 1 atom stereocenters. The lowest BCUT2D eigenvalue weighted by atomic mass is 10.1. The van der Waals surface area contributed by atoms with Crippen molar-refractivity contribution < 1.29 is 19.0 Å². The van der Waals surface area contributed by atoms with E-state index in [1.54, 1.807) is 13.0 Å². The van der Waals surface area contributed by atoms with Crippen LogP contribution in [0.4, 0.5) is 4.39 Å². The van der Waals surface area contributed by atoms with E-state index in [1.165, 1.54) is 19.2 Å². The molecule has 1 amide bonds. The highest BCUT2D eigenvalue weighted by Gasteiger charge is 2.11. The maximum Gasteiger partial charge on any atom is 0.246 e. The first-order chi connectivity index (χ1) is 7.58. The van der Waals surface area contributed by atoms with Crippen LogP contribution in [-0.4, -0.2) is 24.7 Å². The molecule has 1 aromatic rings. The van der Waals surface area contributed by atoms with Crippen molar-refractivity contribution in [3.05, 3.63) is 29.6 Å². The molecule has 0 heterocycles. The molecule has 0 aromatic heterocycles. The lowest BCUT2D eigenvalue weighted by Gasteiger charge is -2.14. The first-order valence-electron chi connectivity index (χ1n) is 4.82. The number of amides is 1. The van der Waals surface area contributed by atoms with Crippen LogP contribution in [0.2, 0.25) is 0 Å². The number of hydrogen-bond acceptors (Lipinski definition) is 3. The average Bonchev–Trinajstić information content (AvgIpc) is 2.28. The van der Waals surface area contributed by atoms with Gasteiger partial charge in [0.15, 0.2) is 11.6 Å². The van der Waals surface area contributed by atoms with Gasteiger partial charge in [0.1, 0.15) is 6.61 Å². The molecule has 1 unspecified atom stereocenters. The summed E-state index contributed by atoms with van der Waals surface area (Å²) >= 11 is 0. The Morgan fingerprint density at radius 2 is 2.31 bits per heavy atom. The molecule has 0 spiro atoms. The summed E-state index contributed by atoms with van der Waals surface area (Å²) in [6, 6.07) is 4.08. The number of carbonyl (C=O) groups is 1. The number of methoxy groups -OCH3 is 1. The third-order valence-electron chi connectivity index (χ3n) is 2.20. The largest absolute Gasteiger partial charge is 0.494 e. The van der Waals surface area contributed by atoms with Crippen molar-refractivity contribution in [3.63, 3.8) is 0 Å². The smallest absolute Gasteiger partial charge is 0.246 e. The minimum Gasteiger partial charge on any atom is -0.494 e. The van der Waals surface area contributed by atoms with Gasteiger partial charge in [0.2, 0.25) is 5.91 Å².